The van der Waals surface area contributed by atoms with E-state index >= 15 is 0 Å². The summed E-state index contributed by atoms with van der Waals surface area (Å²) in [5, 5.41) is 18.0. The molecule has 0 aromatic heterocycles. The lowest BCUT2D eigenvalue weighted by atomic mass is 10.1. The molecule has 1 aliphatic heterocycles. The van der Waals surface area contributed by atoms with Crippen molar-refractivity contribution in [3.8, 4) is 12.1 Å². The van der Waals surface area contributed by atoms with E-state index < -0.39 is 0 Å². The second-order valence-electron chi connectivity index (χ2n) is 5.99. The summed E-state index contributed by atoms with van der Waals surface area (Å²) in [6.45, 7) is 0.763. The van der Waals surface area contributed by atoms with Crippen LogP contribution in [0.2, 0.25) is 0 Å². The molecule has 1 atom stereocenters. The maximum absolute atomic E-state index is 12.5. The van der Waals surface area contributed by atoms with Crippen molar-refractivity contribution in [2.24, 2.45) is 0 Å². The van der Waals surface area contributed by atoms with Crippen molar-refractivity contribution in [1.29, 1.82) is 10.5 Å². The van der Waals surface area contributed by atoms with E-state index in [1.807, 2.05) is 24.3 Å². The first kappa shape index (κ1) is 18.0. The standard InChI is InChI=1S/C20H17N3O2S/c21-9-15-3-1-5-17(7-15)11-23-14-26-13-19(23)20(24)25-12-18-6-2-4-16(8-18)10-22/h1-8,19H,11-14H2. The van der Waals surface area contributed by atoms with Gasteiger partial charge < -0.3 is 4.74 Å². The Balaban J connectivity index is 1.61. The van der Waals surface area contributed by atoms with Gasteiger partial charge in [0.05, 0.1) is 23.3 Å². The summed E-state index contributed by atoms with van der Waals surface area (Å²) in [5.41, 5.74) is 2.97. The van der Waals surface area contributed by atoms with Crippen LogP contribution in [0.4, 0.5) is 0 Å². The highest BCUT2D eigenvalue weighted by atomic mass is 32.2. The van der Waals surface area contributed by atoms with Crippen LogP contribution < -0.4 is 0 Å². The number of carbonyl (C=O) groups is 1. The van der Waals surface area contributed by atoms with Crippen LogP contribution in [-0.2, 0) is 22.7 Å². The lowest BCUT2D eigenvalue weighted by molar-refractivity contribution is -0.150. The number of ether oxygens (including phenoxy) is 1. The Morgan fingerprint density at radius 2 is 1.77 bits per heavy atom. The van der Waals surface area contributed by atoms with Crippen molar-refractivity contribution in [3.63, 3.8) is 0 Å². The van der Waals surface area contributed by atoms with Gasteiger partial charge >= 0.3 is 5.97 Å². The van der Waals surface area contributed by atoms with Gasteiger partial charge in [0.15, 0.2) is 0 Å². The van der Waals surface area contributed by atoms with E-state index in [-0.39, 0.29) is 18.6 Å². The summed E-state index contributed by atoms with van der Waals surface area (Å²) in [4.78, 5) is 14.6. The predicted molar refractivity (Wildman–Crippen MR) is 98.8 cm³/mol. The van der Waals surface area contributed by atoms with Gasteiger partial charge in [0.2, 0.25) is 0 Å². The lowest BCUT2D eigenvalue weighted by Gasteiger charge is -2.22. The molecular formula is C20H17N3O2S. The zero-order valence-corrected chi connectivity index (χ0v) is 14.9. The number of hydrogen-bond donors (Lipinski definition) is 0. The topological polar surface area (TPSA) is 77.1 Å². The largest absolute Gasteiger partial charge is 0.460 e. The Morgan fingerprint density at radius 3 is 2.46 bits per heavy atom. The number of esters is 1. The van der Waals surface area contributed by atoms with Crippen molar-refractivity contribution >= 4 is 17.7 Å². The summed E-state index contributed by atoms with van der Waals surface area (Å²) in [5.74, 6) is 1.18. The maximum atomic E-state index is 12.5. The third kappa shape index (κ3) is 4.43. The molecule has 5 nitrogen and oxygen atoms in total. The Kier molecular flexibility index (Phi) is 5.91. The smallest absolute Gasteiger partial charge is 0.324 e. The van der Waals surface area contributed by atoms with Crippen LogP contribution in [0.1, 0.15) is 22.3 Å². The second-order valence-corrected chi connectivity index (χ2v) is 6.99. The summed E-state index contributed by atoms with van der Waals surface area (Å²) >= 11 is 1.69. The molecule has 0 amide bonds. The monoisotopic (exact) mass is 363 g/mol. The zero-order valence-electron chi connectivity index (χ0n) is 14.1. The normalized spacial score (nSPS) is 16.6. The first-order valence-corrected chi connectivity index (χ1v) is 9.31. The molecule has 0 saturated carbocycles. The third-order valence-electron chi connectivity index (χ3n) is 4.12. The third-order valence-corrected chi connectivity index (χ3v) is 5.19. The average Bonchev–Trinajstić information content (AvgIpc) is 3.14. The van der Waals surface area contributed by atoms with Gasteiger partial charge in [0, 0.05) is 18.2 Å². The molecule has 1 unspecified atom stereocenters. The van der Waals surface area contributed by atoms with E-state index in [9.17, 15) is 4.79 Å². The van der Waals surface area contributed by atoms with Gasteiger partial charge in [-0.05, 0) is 35.4 Å². The summed E-state index contributed by atoms with van der Waals surface area (Å²) < 4.78 is 5.47. The highest BCUT2D eigenvalue weighted by Crippen LogP contribution is 2.24. The van der Waals surface area contributed by atoms with Gasteiger partial charge in [-0.15, -0.1) is 11.8 Å². The molecule has 0 N–H and O–H groups in total. The van der Waals surface area contributed by atoms with Crippen LogP contribution >= 0.6 is 11.8 Å². The predicted octanol–water partition coefficient (Wildman–Crippen LogP) is 3.05. The van der Waals surface area contributed by atoms with Crippen LogP contribution in [0.3, 0.4) is 0 Å². The van der Waals surface area contributed by atoms with E-state index in [1.165, 1.54) is 0 Å². The van der Waals surface area contributed by atoms with E-state index in [2.05, 4.69) is 17.0 Å². The van der Waals surface area contributed by atoms with E-state index in [0.29, 0.717) is 23.4 Å². The molecule has 130 valence electrons. The molecule has 1 fully saturated rings. The SMILES string of the molecule is N#Cc1cccc(COC(=O)C2CSCN2Cc2cccc(C#N)c2)c1. The molecule has 1 heterocycles. The highest BCUT2D eigenvalue weighted by molar-refractivity contribution is 7.99. The minimum Gasteiger partial charge on any atom is -0.460 e. The molecule has 3 rings (SSSR count). The van der Waals surface area contributed by atoms with Crippen molar-refractivity contribution < 1.29 is 9.53 Å². The molecule has 0 bridgehead atoms. The molecule has 26 heavy (non-hydrogen) atoms. The first-order valence-electron chi connectivity index (χ1n) is 8.16. The van der Waals surface area contributed by atoms with Crippen molar-refractivity contribution in [2.45, 2.75) is 19.2 Å². The molecule has 2 aromatic carbocycles. The number of rotatable bonds is 5. The molecule has 1 saturated heterocycles. The fourth-order valence-corrected chi connectivity index (χ4v) is 3.99. The Bertz CT molecular complexity index is 885. The van der Waals surface area contributed by atoms with E-state index in [1.54, 1.807) is 36.0 Å². The minimum atomic E-state index is -0.301. The molecule has 1 aliphatic rings. The minimum absolute atomic E-state index is 0.160. The Morgan fingerprint density at radius 1 is 1.12 bits per heavy atom. The van der Waals surface area contributed by atoms with Crippen LogP contribution in [0.15, 0.2) is 48.5 Å². The van der Waals surface area contributed by atoms with E-state index in [4.69, 9.17) is 15.3 Å². The quantitative estimate of drug-likeness (QED) is 0.760. The van der Waals surface area contributed by atoms with Crippen LogP contribution in [0.5, 0.6) is 0 Å². The van der Waals surface area contributed by atoms with Crippen molar-refractivity contribution in [3.05, 3.63) is 70.8 Å². The number of nitrogens with zero attached hydrogens (tertiary/aromatic N) is 3. The molecule has 6 heteroatoms. The maximum Gasteiger partial charge on any atom is 0.324 e. The van der Waals surface area contributed by atoms with Crippen molar-refractivity contribution in [2.75, 3.05) is 11.6 Å². The van der Waals surface area contributed by atoms with Crippen LogP contribution in [-0.4, -0.2) is 28.5 Å². The van der Waals surface area contributed by atoms with Gasteiger partial charge in [0.25, 0.3) is 0 Å². The number of hydrogen-bond acceptors (Lipinski definition) is 6. The Hall–Kier alpha value is -2.80. The summed E-state index contributed by atoms with van der Waals surface area (Å²) in [7, 11) is 0. The second kappa shape index (κ2) is 8.53. The molecule has 0 aliphatic carbocycles. The molecule has 2 aromatic rings. The van der Waals surface area contributed by atoms with Crippen LogP contribution in [0.25, 0.3) is 0 Å². The number of benzene rings is 2. The fraction of sp³-hybridized carbons (Fsp3) is 0.250. The first-order chi connectivity index (χ1) is 12.7. The van der Waals surface area contributed by atoms with E-state index in [0.717, 1.165) is 17.0 Å². The fourth-order valence-electron chi connectivity index (χ4n) is 2.80. The van der Waals surface area contributed by atoms with Gasteiger partial charge in [-0.25, -0.2) is 0 Å². The number of thioether (sulfide) groups is 1. The zero-order chi connectivity index (χ0) is 18.4. The number of nitriles is 2. The van der Waals surface area contributed by atoms with Crippen LogP contribution in [0, 0.1) is 22.7 Å². The average molecular weight is 363 g/mol. The number of carbonyl (C=O) groups excluding carboxylic acids is 1. The Labute approximate surface area is 156 Å². The van der Waals surface area contributed by atoms with Gasteiger partial charge in [-0.2, -0.15) is 10.5 Å². The highest BCUT2D eigenvalue weighted by Gasteiger charge is 2.32. The van der Waals surface area contributed by atoms with Gasteiger partial charge in [-0.3, -0.25) is 9.69 Å². The lowest BCUT2D eigenvalue weighted by Crippen LogP contribution is -2.38. The molecule has 0 spiro atoms. The molecule has 0 radical (unpaired) electrons. The van der Waals surface area contributed by atoms with Gasteiger partial charge in [0.1, 0.15) is 12.6 Å². The summed E-state index contributed by atoms with van der Waals surface area (Å²) in [6.07, 6.45) is 0. The summed E-state index contributed by atoms with van der Waals surface area (Å²) in [6, 6.07) is 18.4. The van der Waals surface area contributed by atoms with Crippen molar-refractivity contribution in [1.82, 2.24) is 4.90 Å². The van der Waals surface area contributed by atoms with Gasteiger partial charge in [-0.1, -0.05) is 24.3 Å². The molecular weight excluding hydrogens is 346 g/mol.